The molecule has 3 heteroatoms. The number of fused-ring (bicyclic) bond motifs is 4. The van der Waals surface area contributed by atoms with Crippen LogP contribution in [-0.4, -0.2) is 24.3 Å². The fraction of sp³-hybridized carbons (Fsp3) is 0.579. The Morgan fingerprint density at radius 3 is 2.73 bits per heavy atom. The normalized spacial score (nSPS) is 32.4. The van der Waals surface area contributed by atoms with Crippen LogP contribution in [0.25, 0.3) is 0 Å². The Hall–Kier alpha value is -1.48. The van der Waals surface area contributed by atoms with Crippen molar-refractivity contribution in [2.24, 2.45) is 11.8 Å². The smallest absolute Gasteiger partial charge is 0.193 e. The van der Waals surface area contributed by atoms with Gasteiger partial charge in [0.2, 0.25) is 0 Å². The molecule has 0 N–H and O–H groups in total. The Kier molecular flexibility index (Phi) is 2.90. The van der Waals surface area contributed by atoms with Crippen LogP contribution in [0.5, 0.6) is 0 Å². The van der Waals surface area contributed by atoms with Crippen LogP contribution in [0.15, 0.2) is 12.1 Å². The molecule has 1 fully saturated rings. The molecule has 0 bridgehead atoms. The Balaban J connectivity index is 1.94. The molecule has 0 radical (unpaired) electrons. The number of Topliss-reactive ketones (excluding diaryl/α,β-unsaturated/α-hetero) is 2. The van der Waals surface area contributed by atoms with E-state index < -0.39 is 6.10 Å². The molecule has 4 rings (SSSR count). The van der Waals surface area contributed by atoms with E-state index in [9.17, 15) is 9.59 Å². The third-order valence-electron chi connectivity index (χ3n) is 5.82. The van der Waals surface area contributed by atoms with Gasteiger partial charge in [0.25, 0.3) is 0 Å². The van der Waals surface area contributed by atoms with Gasteiger partial charge in [-0.05, 0) is 41.7 Å². The second-order valence-electron chi connectivity index (χ2n) is 7.74. The van der Waals surface area contributed by atoms with E-state index in [1.807, 2.05) is 13.0 Å². The first-order valence-corrected chi connectivity index (χ1v) is 8.28. The highest BCUT2D eigenvalue weighted by Crippen LogP contribution is 2.44. The minimum absolute atomic E-state index is 0.0403. The van der Waals surface area contributed by atoms with Gasteiger partial charge in [-0.2, -0.15) is 0 Å². The van der Waals surface area contributed by atoms with Gasteiger partial charge < -0.3 is 4.74 Å². The maximum Gasteiger partial charge on any atom is 0.193 e. The molecular formula is C19H22O3. The number of hydrogen-bond acceptors (Lipinski definition) is 3. The molecule has 1 saturated heterocycles. The predicted molar refractivity (Wildman–Crippen MR) is 83.5 cm³/mol. The molecule has 3 unspecified atom stereocenters. The quantitative estimate of drug-likeness (QED) is 0.738. The van der Waals surface area contributed by atoms with E-state index >= 15 is 0 Å². The lowest BCUT2D eigenvalue weighted by atomic mass is 9.67. The van der Waals surface area contributed by atoms with Crippen molar-refractivity contribution in [1.29, 1.82) is 0 Å². The second-order valence-corrected chi connectivity index (χ2v) is 7.74. The van der Waals surface area contributed by atoms with E-state index in [0.29, 0.717) is 17.7 Å². The first-order valence-electron chi connectivity index (χ1n) is 8.28. The summed E-state index contributed by atoms with van der Waals surface area (Å²) in [6, 6.07) is 3.97. The van der Waals surface area contributed by atoms with Gasteiger partial charge in [0.15, 0.2) is 11.6 Å². The monoisotopic (exact) mass is 298 g/mol. The van der Waals surface area contributed by atoms with Gasteiger partial charge in [0, 0.05) is 11.1 Å². The van der Waals surface area contributed by atoms with E-state index in [2.05, 4.69) is 19.9 Å². The summed E-state index contributed by atoms with van der Waals surface area (Å²) in [6.45, 7) is 6.96. The largest absolute Gasteiger partial charge is 0.369 e. The topological polar surface area (TPSA) is 43.4 Å². The summed E-state index contributed by atoms with van der Waals surface area (Å²) < 4.78 is 5.68. The molecule has 22 heavy (non-hydrogen) atoms. The molecule has 3 aliphatic rings. The highest BCUT2D eigenvalue weighted by atomic mass is 16.5. The van der Waals surface area contributed by atoms with Crippen LogP contribution >= 0.6 is 0 Å². The van der Waals surface area contributed by atoms with Crippen molar-refractivity contribution in [3.05, 3.63) is 34.4 Å². The molecule has 0 saturated carbocycles. The number of ketones is 2. The van der Waals surface area contributed by atoms with E-state index in [1.54, 1.807) is 0 Å². The highest BCUT2D eigenvalue weighted by Gasteiger charge is 2.50. The molecule has 2 aliphatic carbocycles. The van der Waals surface area contributed by atoms with Gasteiger partial charge >= 0.3 is 0 Å². The van der Waals surface area contributed by atoms with Gasteiger partial charge in [-0.1, -0.05) is 32.9 Å². The molecule has 1 aromatic rings. The summed E-state index contributed by atoms with van der Waals surface area (Å²) in [5, 5.41) is 0. The van der Waals surface area contributed by atoms with Crippen LogP contribution in [0.3, 0.4) is 0 Å². The number of carbonyl (C=O) groups is 2. The van der Waals surface area contributed by atoms with E-state index in [-0.39, 0.29) is 28.8 Å². The molecular weight excluding hydrogens is 276 g/mol. The molecule has 0 amide bonds. The van der Waals surface area contributed by atoms with Crippen molar-refractivity contribution in [3.8, 4) is 0 Å². The van der Waals surface area contributed by atoms with Crippen LogP contribution < -0.4 is 0 Å². The maximum atomic E-state index is 13.0. The third-order valence-corrected chi connectivity index (χ3v) is 5.82. The summed E-state index contributed by atoms with van der Waals surface area (Å²) in [7, 11) is 0. The van der Waals surface area contributed by atoms with Crippen molar-refractivity contribution in [2.45, 2.75) is 51.6 Å². The zero-order chi connectivity index (χ0) is 15.6. The number of rotatable bonds is 0. The summed E-state index contributed by atoms with van der Waals surface area (Å²) in [4.78, 5) is 25.9. The average Bonchev–Trinajstić information content (AvgIpc) is 2.86. The van der Waals surface area contributed by atoms with E-state index in [0.717, 1.165) is 24.8 Å². The van der Waals surface area contributed by atoms with E-state index in [4.69, 9.17) is 4.74 Å². The molecule has 0 spiro atoms. The van der Waals surface area contributed by atoms with Crippen LogP contribution in [-0.2, 0) is 16.6 Å². The zero-order valence-corrected chi connectivity index (χ0v) is 13.4. The lowest BCUT2D eigenvalue weighted by Crippen LogP contribution is -2.41. The number of benzene rings is 1. The lowest BCUT2D eigenvalue weighted by molar-refractivity contribution is 0.0500. The Morgan fingerprint density at radius 2 is 1.95 bits per heavy atom. The summed E-state index contributed by atoms with van der Waals surface area (Å²) >= 11 is 0. The molecule has 1 heterocycles. The van der Waals surface area contributed by atoms with Gasteiger partial charge in [-0.15, -0.1) is 0 Å². The minimum Gasteiger partial charge on any atom is -0.369 e. The molecule has 1 aromatic carbocycles. The summed E-state index contributed by atoms with van der Waals surface area (Å²) in [5.74, 6) is -0.00833. The third kappa shape index (κ3) is 1.72. The molecule has 3 nitrogen and oxygen atoms in total. The number of ether oxygens (including phenoxy) is 1. The number of hydrogen-bond donors (Lipinski definition) is 0. The SMILES string of the molecule is CC1COC2C(=O)c3c(ccc4c3CCCC4(C)C)C(=O)C12. The Morgan fingerprint density at radius 1 is 1.18 bits per heavy atom. The van der Waals surface area contributed by atoms with Crippen molar-refractivity contribution in [3.63, 3.8) is 0 Å². The molecule has 0 aromatic heterocycles. The van der Waals surface area contributed by atoms with Crippen molar-refractivity contribution >= 4 is 11.6 Å². The second kappa shape index (κ2) is 4.51. The molecule has 116 valence electrons. The first kappa shape index (κ1) is 14.1. The Labute approximate surface area is 131 Å². The predicted octanol–water partition coefficient (Wildman–Crippen LogP) is 3.33. The van der Waals surface area contributed by atoms with Crippen molar-refractivity contribution in [1.82, 2.24) is 0 Å². The first-order chi connectivity index (χ1) is 10.4. The van der Waals surface area contributed by atoms with Crippen LogP contribution in [0.2, 0.25) is 0 Å². The van der Waals surface area contributed by atoms with Crippen LogP contribution in [0, 0.1) is 11.8 Å². The standard InChI is InChI=1S/C19H22O3/c1-10-9-22-18-14(10)16(20)12-6-7-13-11(15(12)17(18)21)5-4-8-19(13,2)3/h6-7,10,14,18H,4-5,8-9H2,1-3H3. The van der Waals surface area contributed by atoms with E-state index in [1.165, 1.54) is 5.56 Å². The van der Waals surface area contributed by atoms with Crippen molar-refractivity contribution in [2.75, 3.05) is 6.61 Å². The van der Waals surface area contributed by atoms with Gasteiger partial charge in [0.1, 0.15) is 6.10 Å². The van der Waals surface area contributed by atoms with Crippen LogP contribution in [0.1, 0.15) is 65.5 Å². The van der Waals surface area contributed by atoms with Gasteiger partial charge in [-0.3, -0.25) is 9.59 Å². The van der Waals surface area contributed by atoms with Gasteiger partial charge in [-0.25, -0.2) is 0 Å². The summed E-state index contributed by atoms with van der Waals surface area (Å²) in [5.41, 5.74) is 3.73. The fourth-order valence-corrected chi connectivity index (χ4v) is 4.59. The molecule has 1 aliphatic heterocycles. The Bertz CT molecular complexity index is 686. The fourth-order valence-electron chi connectivity index (χ4n) is 4.59. The maximum absolute atomic E-state index is 13.0. The number of carbonyl (C=O) groups excluding carboxylic acids is 2. The summed E-state index contributed by atoms with van der Waals surface area (Å²) in [6.07, 6.45) is 2.55. The minimum atomic E-state index is -0.550. The highest BCUT2D eigenvalue weighted by molar-refractivity contribution is 6.18. The average molecular weight is 298 g/mol. The van der Waals surface area contributed by atoms with Gasteiger partial charge in [0.05, 0.1) is 12.5 Å². The lowest BCUT2D eigenvalue weighted by Gasteiger charge is -2.36. The molecule has 3 atom stereocenters. The zero-order valence-electron chi connectivity index (χ0n) is 13.4. The van der Waals surface area contributed by atoms with Crippen LogP contribution in [0.4, 0.5) is 0 Å². The van der Waals surface area contributed by atoms with Crippen molar-refractivity contribution < 1.29 is 14.3 Å².